The molecule has 0 spiro atoms. The summed E-state index contributed by atoms with van der Waals surface area (Å²) in [5.74, 6) is 0.502. The van der Waals surface area contributed by atoms with Crippen LogP contribution in [-0.4, -0.2) is 46.4 Å². The highest BCUT2D eigenvalue weighted by Gasteiger charge is 2.31. The average molecular weight is 369 g/mol. The number of aryl methyl sites for hydroxylation is 1. The van der Waals surface area contributed by atoms with E-state index in [9.17, 15) is 9.59 Å². The van der Waals surface area contributed by atoms with Gasteiger partial charge in [-0.2, -0.15) is 5.10 Å². The lowest BCUT2D eigenvalue weighted by molar-refractivity contribution is -0.137. The summed E-state index contributed by atoms with van der Waals surface area (Å²) in [6, 6.07) is 7.77. The first kappa shape index (κ1) is 18.2. The highest BCUT2D eigenvalue weighted by Crippen LogP contribution is 2.28. The smallest absolute Gasteiger partial charge is 0.275 e. The lowest BCUT2D eigenvalue weighted by atomic mass is 9.89. The quantitative estimate of drug-likeness (QED) is 0.812. The molecule has 2 heterocycles. The van der Waals surface area contributed by atoms with Gasteiger partial charge < -0.3 is 9.64 Å². The van der Waals surface area contributed by atoms with Gasteiger partial charge in [0, 0.05) is 31.2 Å². The number of carbonyl (C=O) groups is 1. The van der Waals surface area contributed by atoms with Crippen molar-refractivity contribution in [2.75, 3.05) is 19.8 Å². The van der Waals surface area contributed by atoms with Crippen molar-refractivity contribution in [1.82, 2.24) is 14.7 Å². The number of benzene rings is 1. The molecule has 1 amide bonds. The van der Waals surface area contributed by atoms with E-state index in [1.165, 1.54) is 11.1 Å². The lowest BCUT2D eigenvalue weighted by Gasteiger charge is -2.40. The number of hydrogen-bond acceptors (Lipinski definition) is 4. The van der Waals surface area contributed by atoms with E-state index >= 15 is 0 Å². The number of rotatable bonds is 5. The van der Waals surface area contributed by atoms with Gasteiger partial charge in [-0.1, -0.05) is 18.2 Å². The van der Waals surface area contributed by atoms with Crippen LogP contribution in [0.3, 0.4) is 0 Å². The van der Waals surface area contributed by atoms with E-state index < -0.39 is 0 Å². The molecule has 1 saturated heterocycles. The van der Waals surface area contributed by atoms with E-state index in [-0.39, 0.29) is 18.0 Å². The number of hydrogen-bond donors (Lipinski definition) is 0. The first-order valence-corrected chi connectivity index (χ1v) is 9.97. The van der Waals surface area contributed by atoms with Crippen LogP contribution in [0.25, 0.3) is 10.8 Å². The van der Waals surface area contributed by atoms with Crippen molar-refractivity contribution in [3.63, 3.8) is 0 Å². The van der Waals surface area contributed by atoms with Gasteiger partial charge in [0.05, 0.1) is 11.1 Å². The predicted molar refractivity (Wildman–Crippen MR) is 104 cm³/mol. The zero-order valence-electron chi connectivity index (χ0n) is 15.9. The summed E-state index contributed by atoms with van der Waals surface area (Å²) in [6.07, 6.45) is 5.31. The summed E-state index contributed by atoms with van der Waals surface area (Å²) in [4.78, 5) is 27.9. The summed E-state index contributed by atoms with van der Waals surface area (Å²) in [5, 5.41) is 5.88. The van der Waals surface area contributed by atoms with E-state index in [4.69, 9.17) is 4.74 Å². The van der Waals surface area contributed by atoms with Gasteiger partial charge in [0.1, 0.15) is 6.54 Å². The molecule has 0 unspecified atom stereocenters. The molecule has 1 aliphatic carbocycles. The summed E-state index contributed by atoms with van der Waals surface area (Å²) < 4.78 is 6.79. The maximum atomic E-state index is 13.1. The van der Waals surface area contributed by atoms with Crippen LogP contribution in [0.4, 0.5) is 0 Å². The zero-order valence-corrected chi connectivity index (χ0v) is 15.9. The Hall–Kier alpha value is -2.21. The fraction of sp³-hybridized carbons (Fsp3) is 0.571. The van der Waals surface area contributed by atoms with E-state index in [2.05, 4.69) is 5.10 Å². The topological polar surface area (TPSA) is 64.4 Å². The zero-order chi connectivity index (χ0) is 18.8. The summed E-state index contributed by atoms with van der Waals surface area (Å²) in [5.41, 5.74) is 0.585. The lowest BCUT2D eigenvalue weighted by Crippen LogP contribution is -2.49. The Kier molecular flexibility index (Phi) is 5.25. The molecule has 4 rings (SSSR count). The molecule has 1 aromatic carbocycles. The Bertz CT molecular complexity index is 882. The Balaban J connectivity index is 1.56. The molecule has 144 valence electrons. The molecule has 27 heavy (non-hydrogen) atoms. The minimum atomic E-state index is -0.191. The van der Waals surface area contributed by atoms with Crippen LogP contribution in [0.2, 0.25) is 0 Å². The summed E-state index contributed by atoms with van der Waals surface area (Å²) in [7, 11) is 0. The van der Waals surface area contributed by atoms with Gasteiger partial charge in [0.2, 0.25) is 5.91 Å². The minimum absolute atomic E-state index is 0.00970. The van der Waals surface area contributed by atoms with Gasteiger partial charge >= 0.3 is 0 Å². The molecule has 2 aliphatic rings. The third-order valence-electron chi connectivity index (χ3n) is 5.97. The molecule has 0 N–H and O–H groups in total. The maximum absolute atomic E-state index is 13.1. The molecule has 0 bridgehead atoms. The van der Waals surface area contributed by atoms with E-state index in [0.717, 1.165) is 56.5 Å². The largest absolute Gasteiger partial charge is 0.381 e. The van der Waals surface area contributed by atoms with Crippen LogP contribution in [-0.2, 0) is 16.1 Å². The third-order valence-corrected chi connectivity index (χ3v) is 5.97. The second-order valence-corrected chi connectivity index (χ2v) is 7.78. The standard InChI is InChI=1S/C21H27N3O3/c1-15-18-7-2-3-8-19(18)21(26)24(22-15)14-20(25)23(17-5-4-6-17)13-16-9-11-27-12-10-16/h2-3,7-8,16-17H,4-6,9-14H2,1H3. The Morgan fingerprint density at radius 1 is 1.19 bits per heavy atom. The van der Waals surface area contributed by atoms with Gasteiger partial charge in [0.25, 0.3) is 5.56 Å². The molecule has 6 heteroatoms. The van der Waals surface area contributed by atoms with Crippen molar-refractivity contribution >= 4 is 16.7 Å². The van der Waals surface area contributed by atoms with Gasteiger partial charge in [-0.15, -0.1) is 0 Å². The number of aromatic nitrogens is 2. The first-order valence-electron chi connectivity index (χ1n) is 9.97. The number of ether oxygens (including phenoxy) is 1. The number of nitrogens with zero attached hydrogens (tertiary/aromatic N) is 3. The Labute approximate surface area is 159 Å². The second kappa shape index (κ2) is 7.80. The van der Waals surface area contributed by atoms with E-state index in [0.29, 0.717) is 17.3 Å². The van der Waals surface area contributed by atoms with Crippen LogP contribution in [0.5, 0.6) is 0 Å². The van der Waals surface area contributed by atoms with E-state index in [1.807, 2.05) is 30.0 Å². The first-order chi connectivity index (χ1) is 13.1. The summed E-state index contributed by atoms with van der Waals surface area (Å²) in [6.45, 7) is 4.23. The van der Waals surface area contributed by atoms with Crippen LogP contribution in [0.15, 0.2) is 29.1 Å². The van der Waals surface area contributed by atoms with E-state index in [1.54, 1.807) is 6.07 Å². The van der Waals surface area contributed by atoms with Crippen molar-refractivity contribution < 1.29 is 9.53 Å². The fourth-order valence-electron chi connectivity index (χ4n) is 4.09. The molecule has 1 aliphatic heterocycles. The van der Waals surface area contributed by atoms with Crippen LogP contribution < -0.4 is 5.56 Å². The number of fused-ring (bicyclic) bond motifs is 1. The normalized spacial score (nSPS) is 18.4. The van der Waals surface area contributed by atoms with Gasteiger partial charge in [-0.3, -0.25) is 9.59 Å². The van der Waals surface area contributed by atoms with Crippen molar-refractivity contribution in [2.45, 2.75) is 51.6 Å². The van der Waals surface area contributed by atoms with Gasteiger partial charge in [-0.05, 0) is 51.0 Å². The molecule has 0 radical (unpaired) electrons. The number of carbonyl (C=O) groups excluding carboxylic acids is 1. The molecule has 2 aromatic rings. The minimum Gasteiger partial charge on any atom is -0.381 e. The van der Waals surface area contributed by atoms with Gasteiger partial charge in [-0.25, -0.2) is 4.68 Å². The number of amides is 1. The highest BCUT2D eigenvalue weighted by molar-refractivity contribution is 5.83. The van der Waals surface area contributed by atoms with Crippen molar-refractivity contribution in [3.05, 3.63) is 40.3 Å². The maximum Gasteiger partial charge on any atom is 0.275 e. The van der Waals surface area contributed by atoms with Crippen LogP contribution >= 0.6 is 0 Å². The van der Waals surface area contributed by atoms with Crippen molar-refractivity contribution in [2.24, 2.45) is 5.92 Å². The molecule has 0 atom stereocenters. The van der Waals surface area contributed by atoms with Gasteiger partial charge in [0.15, 0.2) is 0 Å². The molecule has 2 fully saturated rings. The monoisotopic (exact) mass is 369 g/mol. The average Bonchev–Trinajstić information content (AvgIpc) is 2.65. The van der Waals surface area contributed by atoms with Crippen molar-refractivity contribution in [1.29, 1.82) is 0 Å². The Morgan fingerprint density at radius 3 is 2.56 bits per heavy atom. The molecule has 1 saturated carbocycles. The molecular formula is C21H27N3O3. The predicted octanol–water partition coefficient (Wildman–Crippen LogP) is 2.51. The summed E-state index contributed by atoms with van der Waals surface area (Å²) >= 11 is 0. The van der Waals surface area contributed by atoms with Crippen LogP contribution in [0.1, 0.15) is 37.8 Å². The SMILES string of the molecule is Cc1nn(CC(=O)N(CC2CCOCC2)C2CCC2)c(=O)c2ccccc12. The molecule has 1 aromatic heterocycles. The molecule has 6 nitrogen and oxygen atoms in total. The van der Waals surface area contributed by atoms with Crippen LogP contribution in [0, 0.1) is 12.8 Å². The third kappa shape index (κ3) is 3.76. The highest BCUT2D eigenvalue weighted by atomic mass is 16.5. The van der Waals surface area contributed by atoms with Crippen molar-refractivity contribution in [3.8, 4) is 0 Å². The second-order valence-electron chi connectivity index (χ2n) is 7.78. The fourth-order valence-corrected chi connectivity index (χ4v) is 4.09. The Morgan fingerprint density at radius 2 is 1.89 bits per heavy atom. The molecular weight excluding hydrogens is 342 g/mol.